The van der Waals surface area contributed by atoms with E-state index in [1.807, 2.05) is 0 Å². The maximum atomic E-state index is 5.17. The van der Waals surface area contributed by atoms with Crippen LogP contribution >= 0.6 is 0 Å². The molecular weight excluding hydrogens is 960 g/mol. The fraction of sp³-hybridized carbons (Fsp3) is 0.735. The summed E-state index contributed by atoms with van der Waals surface area (Å²) in [5.74, 6) is 8.23. The fourth-order valence-corrected chi connectivity index (χ4v) is 10.9. The van der Waals surface area contributed by atoms with Crippen LogP contribution in [-0.4, -0.2) is 4.98 Å². The van der Waals surface area contributed by atoms with E-state index in [1.165, 1.54) is 178 Å². The first kappa shape index (κ1) is 64.8. The maximum absolute atomic E-state index is 5.17. The molecule has 6 fully saturated rings. The molecule has 302 valence electrons. The Kier molecular flexibility index (Phi) is 45.1. The smallest absolute Gasteiger partial charge is 0.358 e. The topological polar surface area (TPSA) is 12.9 Å². The minimum absolute atomic E-state index is 0. The van der Waals surface area contributed by atoms with Gasteiger partial charge in [0.25, 0.3) is 0 Å². The molecule has 0 aromatic carbocycles. The van der Waals surface area contributed by atoms with E-state index in [-0.39, 0.29) is 111 Å². The molecule has 3 heteroatoms. The normalized spacial score (nSPS) is 26.6. The van der Waals surface area contributed by atoms with Crippen LogP contribution in [0.4, 0.5) is 0 Å². The van der Waals surface area contributed by atoms with Crippen molar-refractivity contribution in [3.05, 3.63) is 89.0 Å². The molecule has 6 saturated carbocycles. The van der Waals surface area contributed by atoms with Crippen molar-refractivity contribution in [2.45, 2.75) is 181 Å². The van der Waals surface area contributed by atoms with Crippen LogP contribution in [0, 0.1) is 107 Å². The SMILES string of the molecule is CCCC1CCCC1.CCCC1CCCC1.[CH3-].[CH3-].[CH3-].[CH3-].[CH3-].[CH3-].[CH3-].[CH3-].[Hf+4].[Hf+4].c1cc(CC2CCC3CCCCC32)nc(CC2CCC3CCCCC32)c1. The largest absolute Gasteiger partial charge is 4.00 e. The summed E-state index contributed by atoms with van der Waals surface area (Å²) in [6.07, 6.45) is 38.3. The summed E-state index contributed by atoms with van der Waals surface area (Å²) in [6.45, 7) is 4.58. The van der Waals surface area contributed by atoms with Crippen molar-refractivity contribution in [2.75, 3.05) is 0 Å². The second kappa shape index (κ2) is 36.2. The van der Waals surface area contributed by atoms with Crippen LogP contribution in [0.3, 0.4) is 0 Å². The summed E-state index contributed by atoms with van der Waals surface area (Å²) in [6, 6.07) is 6.94. The quantitative estimate of drug-likeness (QED) is 0.187. The average molecular weight is 1050 g/mol. The van der Waals surface area contributed by atoms with Crippen LogP contribution in [0.1, 0.15) is 179 Å². The third-order valence-electron chi connectivity index (χ3n) is 13.1. The Hall–Kier alpha value is 0.890. The van der Waals surface area contributed by atoms with Gasteiger partial charge >= 0.3 is 51.7 Å². The molecule has 0 amide bonds. The van der Waals surface area contributed by atoms with Crippen molar-refractivity contribution in [1.82, 2.24) is 4.98 Å². The minimum Gasteiger partial charge on any atom is -0.358 e. The molecule has 0 saturated heterocycles. The third-order valence-corrected chi connectivity index (χ3v) is 13.1. The molecule has 6 unspecified atom stereocenters. The summed E-state index contributed by atoms with van der Waals surface area (Å²) in [5, 5.41) is 0. The van der Waals surface area contributed by atoms with Gasteiger partial charge in [0.05, 0.1) is 0 Å². The molecule has 52 heavy (non-hydrogen) atoms. The zero-order chi connectivity index (χ0) is 29.0. The second-order valence-corrected chi connectivity index (χ2v) is 16.0. The first-order valence-corrected chi connectivity index (χ1v) is 19.7. The van der Waals surface area contributed by atoms with Crippen molar-refractivity contribution >= 4 is 0 Å². The molecule has 0 bridgehead atoms. The number of fused-ring (bicyclic) bond motifs is 2. The molecule has 0 spiro atoms. The molecule has 0 N–H and O–H groups in total. The van der Waals surface area contributed by atoms with Crippen LogP contribution in [0.2, 0.25) is 0 Å². The van der Waals surface area contributed by atoms with Gasteiger partial charge in [0.2, 0.25) is 0 Å². The van der Waals surface area contributed by atoms with Crippen LogP contribution in [0.5, 0.6) is 0 Å². The van der Waals surface area contributed by atoms with Gasteiger partial charge in [-0.2, -0.15) is 0 Å². The summed E-state index contributed by atoms with van der Waals surface area (Å²) in [7, 11) is 0. The standard InChI is InChI=1S/C25H37N.2C8H16.8CH3.2Hf/c1-3-10-24-18(6-1)12-14-20(24)16-22-8-5-9-23(26-22)17-21-15-13-19-7-2-4-11-25(19)21;2*1-2-5-8-6-3-4-7-8;;;;;;;;;;/h5,8-9,18-21,24-25H,1-4,6-7,10-17H2;2*8H,2-7H2,1H3;8*1H3;;/q;;;8*-1;2*+4. The Bertz CT molecular complexity index is 809. The predicted octanol–water partition coefficient (Wildman–Crippen LogP) is 16.2. The van der Waals surface area contributed by atoms with Gasteiger partial charge in [0.15, 0.2) is 0 Å². The van der Waals surface area contributed by atoms with Crippen molar-refractivity contribution in [3.63, 3.8) is 0 Å². The number of rotatable bonds is 8. The minimum atomic E-state index is 0. The van der Waals surface area contributed by atoms with Gasteiger partial charge in [-0.15, -0.1) is 0 Å². The molecule has 7 rings (SSSR count). The van der Waals surface area contributed by atoms with E-state index in [4.69, 9.17) is 4.98 Å². The van der Waals surface area contributed by atoms with Crippen LogP contribution < -0.4 is 0 Å². The summed E-state index contributed by atoms with van der Waals surface area (Å²) in [4.78, 5) is 5.17. The van der Waals surface area contributed by atoms with E-state index in [0.717, 1.165) is 47.3 Å². The molecule has 6 atom stereocenters. The van der Waals surface area contributed by atoms with Crippen molar-refractivity contribution in [1.29, 1.82) is 0 Å². The molecule has 1 heterocycles. The Balaban J connectivity index is -0.000000175. The van der Waals surface area contributed by atoms with Crippen LogP contribution in [-0.2, 0) is 64.5 Å². The third kappa shape index (κ3) is 20.4. The average Bonchev–Trinajstić information content (AvgIpc) is 3.84. The first-order valence-electron chi connectivity index (χ1n) is 19.7. The molecule has 6 aliphatic rings. The number of hydrogen-bond acceptors (Lipinski definition) is 1. The summed E-state index contributed by atoms with van der Waals surface area (Å²) >= 11 is 0. The van der Waals surface area contributed by atoms with Crippen LogP contribution in [0.15, 0.2) is 18.2 Å². The molecule has 0 radical (unpaired) electrons. The van der Waals surface area contributed by atoms with Gasteiger partial charge in [-0.25, -0.2) is 0 Å². The second-order valence-electron chi connectivity index (χ2n) is 16.0. The summed E-state index contributed by atoms with van der Waals surface area (Å²) < 4.78 is 0. The fourth-order valence-electron chi connectivity index (χ4n) is 10.9. The number of pyridine rings is 1. The Morgan fingerprint density at radius 2 is 0.769 bits per heavy atom. The van der Waals surface area contributed by atoms with Gasteiger partial charge in [0, 0.05) is 11.4 Å². The molecular formula is C49H93Hf2N. The maximum Gasteiger partial charge on any atom is 4.00 e. The van der Waals surface area contributed by atoms with E-state index in [0.29, 0.717) is 0 Å². The van der Waals surface area contributed by atoms with Crippen molar-refractivity contribution < 1.29 is 51.7 Å². The van der Waals surface area contributed by atoms with E-state index in [1.54, 1.807) is 0 Å². The first-order chi connectivity index (χ1) is 20.7. The van der Waals surface area contributed by atoms with Gasteiger partial charge in [0.1, 0.15) is 0 Å². The monoisotopic (exact) mass is 1060 g/mol. The molecule has 6 aliphatic carbocycles. The van der Waals surface area contributed by atoms with Gasteiger partial charge in [-0.3, -0.25) is 4.98 Å². The Morgan fingerprint density at radius 1 is 0.442 bits per heavy atom. The molecule has 1 aromatic heterocycles. The molecule has 1 nitrogen and oxygen atoms in total. The summed E-state index contributed by atoms with van der Waals surface area (Å²) in [5.41, 5.74) is 2.80. The van der Waals surface area contributed by atoms with Crippen molar-refractivity contribution in [2.24, 2.45) is 47.3 Å². The van der Waals surface area contributed by atoms with Crippen molar-refractivity contribution in [3.8, 4) is 0 Å². The Morgan fingerprint density at radius 3 is 1.12 bits per heavy atom. The number of hydrogen-bond donors (Lipinski definition) is 0. The number of aromatic nitrogens is 1. The van der Waals surface area contributed by atoms with E-state index < -0.39 is 0 Å². The number of nitrogens with zero attached hydrogens (tertiary/aromatic N) is 1. The van der Waals surface area contributed by atoms with Gasteiger partial charge < -0.3 is 59.4 Å². The predicted molar refractivity (Wildman–Crippen MR) is 233 cm³/mol. The Labute approximate surface area is 371 Å². The van der Waals surface area contributed by atoms with E-state index in [2.05, 4.69) is 32.0 Å². The zero-order valence-corrected chi connectivity index (χ0v) is 44.4. The van der Waals surface area contributed by atoms with Crippen LogP contribution in [0.25, 0.3) is 0 Å². The zero-order valence-electron chi connectivity index (χ0n) is 37.2. The molecule has 1 aromatic rings. The van der Waals surface area contributed by atoms with E-state index >= 15 is 0 Å². The van der Waals surface area contributed by atoms with E-state index in [9.17, 15) is 0 Å². The van der Waals surface area contributed by atoms with Gasteiger partial charge in [-0.1, -0.05) is 135 Å². The van der Waals surface area contributed by atoms with Gasteiger partial charge in [-0.05, 0) is 111 Å². The molecule has 0 aliphatic heterocycles.